The Hall–Kier alpha value is 0.01000. The van der Waals surface area contributed by atoms with Crippen LogP contribution in [0.4, 0.5) is 0 Å². The number of rotatable bonds is 9. The van der Waals surface area contributed by atoms with E-state index in [-0.39, 0.29) is 0 Å². The molecule has 8 heteroatoms. The normalized spacial score (nSPS) is 15.8. The van der Waals surface area contributed by atoms with Crippen molar-refractivity contribution >= 4 is 37.3 Å². The van der Waals surface area contributed by atoms with Gasteiger partial charge < -0.3 is 10.1 Å². The standard InChI is InChI=1S/C13H21BrN2O3S2/c1-3-16(6-7-19-2)21(17,18)12-8-11(20-13(12)14)9-15-10-4-5-10/h8,10,15H,3-7,9H2,1-2H3. The van der Waals surface area contributed by atoms with Gasteiger partial charge in [0, 0.05) is 37.7 Å². The van der Waals surface area contributed by atoms with Crippen LogP contribution in [0.5, 0.6) is 0 Å². The third-order valence-corrected chi connectivity index (χ3v) is 7.59. The summed E-state index contributed by atoms with van der Waals surface area (Å²) in [5.41, 5.74) is 0. The van der Waals surface area contributed by atoms with Crippen LogP contribution in [0.2, 0.25) is 0 Å². The lowest BCUT2D eigenvalue weighted by molar-refractivity contribution is 0.180. The molecule has 0 amide bonds. The molecule has 21 heavy (non-hydrogen) atoms. The van der Waals surface area contributed by atoms with Crippen LogP contribution in [-0.4, -0.2) is 45.6 Å². The lowest BCUT2D eigenvalue weighted by atomic mass is 10.4. The second-order valence-corrected chi connectivity index (χ2v) is 9.36. The molecule has 120 valence electrons. The lowest BCUT2D eigenvalue weighted by Gasteiger charge is -2.19. The third-order valence-electron chi connectivity index (χ3n) is 3.36. The van der Waals surface area contributed by atoms with Crippen molar-refractivity contribution in [3.63, 3.8) is 0 Å². The number of hydrogen-bond acceptors (Lipinski definition) is 5. The zero-order chi connectivity index (χ0) is 15.5. The molecule has 0 radical (unpaired) electrons. The van der Waals surface area contributed by atoms with Crippen LogP contribution in [0.1, 0.15) is 24.6 Å². The molecule has 0 aliphatic heterocycles. The monoisotopic (exact) mass is 396 g/mol. The van der Waals surface area contributed by atoms with Crippen LogP contribution in [0.25, 0.3) is 0 Å². The molecule has 2 rings (SSSR count). The predicted octanol–water partition coefficient (Wildman–Crippen LogP) is 2.42. The van der Waals surface area contributed by atoms with E-state index in [4.69, 9.17) is 4.74 Å². The summed E-state index contributed by atoms with van der Waals surface area (Å²) >= 11 is 4.87. The number of sulfonamides is 1. The summed E-state index contributed by atoms with van der Waals surface area (Å²) in [4.78, 5) is 1.40. The molecular weight excluding hydrogens is 376 g/mol. The van der Waals surface area contributed by atoms with Gasteiger partial charge in [-0.2, -0.15) is 4.31 Å². The Morgan fingerprint density at radius 2 is 2.24 bits per heavy atom. The SMILES string of the molecule is CCN(CCOC)S(=O)(=O)c1cc(CNC2CC2)sc1Br. The van der Waals surface area contributed by atoms with Gasteiger partial charge in [-0.3, -0.25) is 0 Å². The molecule has 5 nitrogen and oxygen atoms in total. The minimum atomic E-state index is -3.47. The Bertz CT molecular complexity index is 570. The molecule has 1 aromatic heterocycles. The van der Waals surface area contributed by atoms with Gasteiger partial charge in [0.05, 0.1) is 10.4 Å². The number of methoxy groups -OCH3 is 1. The van der Waals surface area contributed by atoms with Crippen molar-refractivity contribution in [2.24, 2.45) is 0 Å². The van der Waals surface area contributed by atoms with E-state index in [0.717, 1.165) is 11.4 Å². The van der Waals surface area contributed by atoms with E-state index in [9.17, 15) is 8.42 Å². The first kappa shape index (κ1) is 17.4. The van der Waals surface area contributed by atoms with E-state index >= 15 is 0 Å². The van der Waals surface area contributed by atoms with Crippen molar-refractivity contribution in [2.45, 2.75) is 37.2 Å². The quantitative estimate of drug-likeness (QED) is 0.696. The van der Waals surface area contributed by atoms with Gasteiger partial charge in [0.25, 0.3) is 0 Å². The maximum atomic E-state index is 12.7. The fraction of sp³-hybridized carbons (Fsp3) is 0.692. The van der Waals surface area contributed by atoms with Crippen LogP contribution in [-0.2, 0) is 21.3 Å². The van der Waals surface area contributed by atoms with Crippen LogP contribution in [0, 0.1) is 0 Å². The topological polar surface area (TPSA) is 58.6 Å². The van der Waals surface area contributed by atoms with Gasteiger partial charge in [0.2, 0.25) is 10.0 Å². The highest BCUT2D eigenvalue weighted by Gasteiger charge is 2.27. The summed E-state index contributed by atoms with van der Waals surface area (Å²) in [7, 11) is -1.90. The molecule has 0 bridgehead atoms. The largest absolute Gasteiger partial charge is 0.383 e. The van der Waals surface area contributed by atoms with Crippen molar-refractivity contribution < 1.29 is 13.2 Å². The summed E-state index contributed by atoms with van der Waals surface area (Å²) in [6.07, 6.45) is 2.44. The third kappa shape index (κ3) is 4.49. The van der Waals surface area contributed by atoms with Crippen molar-refractivity contribution in [3.8, 4) is 0 Å². The molecule has 1 aromatic rings. The molecule has 1 saturated carbocycles. The molecule has 0 aromatic carbocycles. The molecule has 0 unspecified atom stereocenters. The number of nitrogens with zero attached hydrogens (tertiary/aromatic N) is 1. The Kier molecular flexibility index (Phi) is 6.22. The van der Waals surface area contributed by atoms with Crippen LogP contribution in [0.15, 0.2) is 14.7 Å². The van der Waals surface area contributed by atoms with Gasteiger partial charge in [-0.25, -0.2) is 8.42 Å². The van der Waals surface area contributed by atoms with E-state index in [1.807, 2.05) is 6.92 Å². The zero-order valence-electron chi connectivity index (χ0n) is 12.3. The zero-order valence-corrected chi connectivity index (χ0v) is 15.5. The first-order chi connectivity index (χ1) is 9.98. The molecule has 1 heterocycles. The minimum Gasteiger partial charge on any atom is -0.383 e. The fourth-order valence-electron chi connectivity index (χ4n) is 1.97. The Morgan fingerprint density at radius 1 is 1.52 bits per heavy atom. The Labute approximate surface area is 138 Å². The number of thiophene rings is 1. The van der Waals surface area contributed by atoms with E-state index in [1.54, 1.807) is 13.2 Å². The average molecular weight is 397 g/mol. The van der Waals surface area contributed by atoms with Crippen LogP contribution in [0.3, 0.4) is 0 Å². The molecular formula is C13H21BrN2O3S2. The molecule has 0 atom stereocenters. The summed E-state index contributed by atoms with van der Waals surface area (Å²) in [5.74, 6) is 0. The first-order valence-corrected chi connectivity index (χ1v) is 10.0. The number of hydrogen-bond donors (Lipinski definition) is 1. The molecule has 1 fully saturated rings. The van der Waals surface area contributed by atoms with E-state index < -0.39 is 10.0 Å². The number of nitrogens with one attached hydrogen (secondary N) is 1. The van der Waals surface area contributed by atoms with Gasteiger partial charge in [-0.05, 0) is 34.8 Å². The minimum absolute atomic E-state index is 0.359. The van der Waals surface area contributed by atoms with Gasteiger partial charge >= 0.3 is 0 Å². The van der Waals surface area contributed by atoms with E-state index in [1.165, 1.54) is 28.5 Å². The number of halogens is 1. The van der Waals surface area contributed by atoms with E-state index in [2.05, 4.69) is 21.2 Å². The van der Waals surface area contributed by atoms with E-state index in [0.29, 0.717) is 34.4 Å². The average Bonchev–Trinajstić information content (AvgIpc) is 3.19. The molecule has 0 saturated heterocycles. The Balaban J connectivity index is 2.13. The van der Waals surface area contributed by atoms with Crippen molar-refractivity contribution in [3.05, 3.63) is 14.7 Å². The van der Waals surface area contributed by atoms with Crippen LogP contribution < -0.4 is 5.32 Å². The van der Waals surface area contributed by atoms with Gasteiger partial charge in [-0.1, -0.05) is 6.92 Å². The number of likely N-dealkylation sites (N-methyl/N-ethyl adjacent to an activating group) is 1. The summed E-state index contributed by atoms with van der Waals surface area (Å²) in [6, 6.07) is 2.38. The lowest BCUT2D eigenvalue weighted by Crippen LogP contribution is -2.33. The summed E-state index contributed by atoms with van der Waals surface area (Å²) in [6.45, 7) is 3.76. The second kappa shape index (κ2) is 7.52. The molecule has 0 spiro atoms. The summed E-state index contributed by atoms with van der Waals surface area (Å²) in [5, 5.41) is 3.40. The number of ether oxygens (including phenoxy) is 1. The van der Waals surface area contributed by atoms with Crippen LogP contribution >= 0.6 is 27.3 Å². The molecule has 1 aliphatic rings. The van der Waals surface area contributed by atoms with Crippen molar-refractivity contribution in [2.75, 3.05) is 26.8 Å². The highest BCUT2D eigenvalue weighted by molar-refractivity contribution is 9.11. The van der Waals surface area contributed by atoms with Crippen molar-refractivity contribution in [1.82, 2.24) is 9.62 Å². The highest BCUT2D eigenvalue weighted by atomic mass is 79.9. The van der Waals surface area contributed by atoms with Gasteiger partial charge in [-0.15, -0.1) is 11.3 Å². The second-order valence-electron chi connectivity index (χ2n) is 5.00. The predicted molar refractivity (Wildman–Crippen MR) is 88.2 cm³/mol. The molecule has 1 aliphatic carbocycles. The smallest absolute Gasteiger partial charge is 0.245 e. The maximum Gasteiger partial charge on any atom is 0.245 e. The van der Waals surface area contributed by atoms with Gasteiger partial charge in [0.15, 0.2) is 0 Å². The summed E-state index contributed by atoms with van der Waals surface area (Å²) < 4.78 is 32.5. The van der Waals surface area contributed by atoms with Gasteiger partial charge in [0.1, 0.15) is 4.90 Å². The van der Waals surface area contributed by atoms with Crippen molar-refractivity contribution in [1.29, 1.82) is 0 Å². The maximum absolute atomic E-state index is 12.7. The Morgan fingerprint density at radius 3 is 2.81 bits per heavy atom. The first-order valence-electron chi connectivity index (χ1n) is 6.99. The highest BCUT2D eigenvalue weighted by Crippen LogP contribution is 2.34. The fourth-order valence-corrected chi connectivity index (χ4v) is 5.99. The molecule has 1 N–H and O–H groups in total.